The van der Waals surface area contributed by atoms with Crippen LogP contribution in [0, 0.1) is 11.8 Å². The summed E-state index contributed by atoms with van der Waals surface area (Å²) in [6.07, 6.45) is -11.2. The van der Waals surface area contributed by atoms with Crippen molar-refractivity contribution < 1.29 is 78.9 Å². The zero-order valence-corrected chi connectivity index (χ0v) is 43.4. The first kappa shape index (κ1) is 52.3. The number of ether oxygens (including phenoxy) is 6. The van der Waals surface area contributed by atoms with Gasteiger partial charge in [0.05, 0.1) is 81.0 Å². The largest absolute Gasteiger partial charge is 0.506 e. The molecule has 4 aliphatic heterocycles. The lowest BCUT2D eigenvalue weighted by molar-refractivity contribution is -0.377. The third-order valence-electron chi connectivity index (χ3n) is 18.1. The number of likely N-dealkylation sites (N-methyl/N-ethyl adjacent to an activating group) is 2. The van der Waals surface area contributed by atoms with Gasteiger partial charge < -0.3 is 90.1 Å². The van der Waals surface area contributed by atoms with Gasteiger partial charge in [0.1, 0.15) is 57.2 Å². The first-order valence-electron chi connectivity index (χ1n) is 25.7. The van der Waals surface area contributed by atoms with E-state index >= 15 is 0 Å². The second kappa shape index (κ2) is 17.0. The number of aliphatic hydroxyl groups excluding tert-OH is 2. The standard InChI is InChI=1S/C54H56N6O18/c1-9-51-47-48-52(10-2,50(76-26-16-24(66)42(60(7)8)18(4)74-26)36-38(54(48,72)77-51)32-34(40(36)58-56)46(70)30-22(64)14-12-20(62)28(30)44(32)68)78-53(47,71)37-31-33(45(69)29-21(63)13-11-19(61)27(29)43(31)67)39(57-55)35(37)49(51)75-25-15-23(65)41(59(5)6)17(3)73-25/h11-14,17-18,23-26,41-42,47-50,65-72H,9-10,15-16H2,1-8H3/t17-,18-,23-,24-,25+,26+,41-,42-,47+,48+,49+,50+,51-,52-,53-,54-/m0/s1. The lowest BCUT2D eigenvalue weighted by Crippen LogP contribution is -2.60. The number of hydrogen-bond acceptors (Lipinski definition) is 20. The fraction of sp³-hybridized carbons (Fsp3) is 0.519. The highest BCUT2D eigenvalue weighted by Gasteiger charge is 2.87. The van der Waals surface area contributed by atoms with Crippen molar-refractivity contribution in [2.45, 2.75) is 137 Å². The number of phenols is 4. The molecule has 410 valence electrons. The average Bonchev–Trinajstić information content (AvgIpc) is 1.58. The lowest BCUT2D eigenvalue weighted by Gasteiger charge is -2.52. The molecule has 0 amide bonds. The Balaban J connectivity index is 1.23. The molecule has 8 N–H and O–H groups in total. The van der Waals surface area contributed by atoms with Crippen LogP contribution >= 0.6 is 0 Å². The van der Waals surface area contributed by atoms with Gasteiger partial charge in [-0.2, -0.15) is 9.58 Å². The van der Waals surface area contributed by atoms with E-state index < -0.39 is 206 Å². The molecule has 78 heavy (non-hydrogen) atoms. The monoisotopic (exact) mass is 1080 g/mol. The van der Waals surface area contributed by atoms with Crippen molar-refractivity contribution in [3.05, 3.63) is 109 Å². The number of hydrogen-bond donors (Lipinski definition) is 8. The molecular weight excluding hydrogens is 1020 g/mol. The summed E-state index contributed by atoms with van der Waals surface area (Å²) in [4.78, 5) is 65.5. The van der Waals surface area contributed by atoms with E-state index in [1.807, 2.05) is 0 Å². The number of aliphatic hydroxyl groups is 4. The molecule has 24 heteroatoms. The molecule has 2 aliphatic carbocycles. The normalized spacial score (nSPS) is 35.9. The lowest BCUT2D eigenvalue weighted by atomic mass is 9.57. The smallest absolute Gasteiger partial charge is 0.333 e. The molecule has 0 radical (unpaired) electrons. The van der Waals surface area contributed by atoms with Crippen molar-refractivity contribution in [1.82, 2.24) is 9.80 Å². The fourth-order valence-corrected chi connectivity index (χ4v) is 15.5. The van der Waals surface area contributed by atoms with E-state index in [0.29, 0.717) is 0 Å². The van der Waals surface area contributed by atoms with Crippen LogP contribution in [0.5, 0.6) is 23.0 Å². The average molecular weight is 1080 g/mol. The van der Waals surface area contributed by atoms with Crippen molar-refractivity contribution >= 4 is 43.1 Å². The maximum atomic E-state index is 14.3. The molecule has 4 heterocycles. The first-order valence-corrected chi connectivity index (χ1v) is 25.7. The Kier molecular flexibility index (Phi) is 11.4. The van der Waals surface area contributed by atoms with Crippen molar-refractivity contribution in [3.8, 4) is 23.0 Å². The number of phenolic OH excluding ortho intramolecular Hbond substituents is 4. The van der Waals surface area contributed by atoms with Gasteiger partial charge >= 0.3 is 10.7 Å². The van der Waals surface area contributed by atoms with Gasteiger partial charge in [-0.15, -0.1) is 0 Å². The minimum Gasteiger partial charge on any atom is -0.506 e. The fourth-order valence-electron chi connectivity index (χ4n) is 15.5. The highest BCUT2D eigenvalue weighted by molar-refractivity contribution is 6.14. The maximum Gasteiger partial charge on any atom is 0.333 e. The van der Waals surface area contributed by atoms with Crippen LogP contribution in [-0.4, -0.2) is 149 Å². The summed E-state index contributed by atoms with van der Waals surface area (Å²) in [7, 11) is 6.98. The van der Waals surface area contributed by atoms with Gasteiger partial charge in [0.2, 0.25) is 11.6 Å². The predicted octanol–water partition coefficient (Wildman–Crippen LogP) is 0.150. The Morgan fingerprint density at radius 2 is 0.872 bits per heavy atom. The van der Waals surface area contributed by atoms with E-state index in [1.165, 1.54) is 0 Å². The molecular formula is C54H56N6O18. The van der Waals surface area contributed by atoms with Gasteiger partial charge in [0.25, 0.3) is 0 Å². The van der Waals surface area contributed by atoms with Gasteiger partial charge in [0.15, 0.2) is 34.3 Å². The van der Waals surface area contributed by atoms with Gasteiger partial charge in [-0.25, -0.2) is 0 Å². The summed E-state index contributed by atoms with van der Waals surface area (Å²) in [5.74, 6) is -13.3. The Morgan fingerprint density at radius 1 is 0.564 bits per heavy atom. The van der Waals surface area contributed by atoms with Gasteiger partial charge in [-0.3, -0.25) is 19.2 Å². The maximum absolute atomic E-state index is 14.3. The summed E-state index contributed by atoms with van der Waals surface area (Å²) >= 11 is 0. The number of nitrogens with zero attached hydrogens (tertiary/aromatic N) is 6. The van der Waals surface area contributed by atoms with Crippen LogP contribution in [0.3, 0.4) is 0 Å². The first-order chi connectivity index (χ1) is 36.8. The Bertz CT molecular complexity index is 3750. The topological polar surface area (TPSA) is 365 Å². The van der Waals surface area contributed by atoms with Crippen LogP contribution in [0.4, 0.5) is 0 Å². The van der Waals surface area contributed by atoms with Crippen LogP contribution in [0.25, 0.3) is 54.2 Å². The third-order valence-corrected chi connectivity index (χ3v) is 18.1. The van der Waals surface area contributed by atoms with Gasteiger partial charge in [-0.1, -0.05) is 13.8 Å². The van der Waals surface area contributed by atoms with Gasteiger partial charge in [-0.05, 0) is 79.1 Å². The molecule has 0 bridgehead atoms. The highest BCUT2D eigenvalue weighted by Crippen LogP contribution is 2.78. The number of benzene rings is 4. The van der Waals surface area contributed by atoms with E-state index in [1.54, 1.807) is 65.7 Å². The predicted molar refractivity (Wildman–Crippen MR) is 268 cm³/mol. The molecule has 6 aromatic carbocycles. The van der Waals surface area contributed by atoms with Crippen LogP contribution in [0.15, 0.2) is 43.4 Å². The quantitative estimate of drug-likeness (QED) is 0.0571. The number of aromatic hydroxyl groups is 4. The van der Waals surface area contributed by atoms with E-state index in [9.17, 15) is 71.1 Å². The van der Waals surface area contributed by atoms with Crippen molar-refractivity contribution in [2.24, 2.45) is 11.8 Å². The molecule has 4 fully saturated rings. The molecule has 16 atom stereocenters. The van der Waals surface area contributed by atoms with Crippen molar-refractivity contribution in [2.75, 3.05) is 28.2 Å². The van der Waals surface area contributed by atoms with E-state index in [2.05, 4.69) is 9.58 Å². The molecule has 4 saturated heterocycles. The second-order valence-electron chi connectivity index (χ2n) is 22.3. The molecule has 6 aliphatic rings. The van der Waals surface area contributed by atoms with Crippen LogP contribution in [0.1, 0.15) is 87.8 Å². The van der Waals surface area contributed by atoms with E-state index in [4.69, 9.17) is 28.4 Å². The Labute approximate surface area is 440 Å². The minimum atomic E-state index is -2.99. The SMILES string of the molecule is CC[C@@]12O[C@@]3(O)c4c(c(=[N+]=[N-])c5c(O)c6c(=O)ccc(=O)c6c(O)c45)[C@@H](O[C@@H]4C[C@H](O)[C@@H](N(C)C)[C@H](C)O4)[C@@]4(CC)O[C@@](O)(c5c(c(=[N+]=[N-])c6c(O)c7c(=O)ccc(=O)c7c(O)c56)[C@H]1O[C@@H]1C[C@H](O)[C@@H](N(C)C)[C@H](C)O1)[C@@H]2[C@H]43. The van der Waals surface area contributed by atoms with E-state index in [0.717, 1.165) is 24.3 Å². The zero-order valence-electron chi connectivity index (χ0n) is 43.4. The Morgan fingerprint density at radius 3 is 1.14 bits per heavy atom. The number of fused-ring (bicyclic) bond motifs is 10. The van der Waals surface area contributed by atoms with Crippen molar-refractivity contribution in [3.63, 3.8) is 0 Å². The Hall–Kier alpha value is -6.44. The molecule has 24 nitrogen and oxygen atoms in total. The van der Waals surface area contributed by atoms with Gasteiger partial charge in [0, 0.05) is 34.7 Å². The molecule has 12 rings (SSSR count). The summed E-state index contributed by atoms with van der Waals surface area (Å²) < 4.78 is 41.5. The highest BCUT2D eigenvalue weighted by atomic mass is 16.7. The molecule has 0 spiro atoms. The third kappa shape index (κ3) is 6.20. The van der Waals surface area contributed by atoms with E-state index in [-0.39, 0.29) is 36.8 Å². The zero-order chi connectivity index (χ0) is 56.1. The summed E-state index contributed by atoms with van der Waals surface area (Å²) in [5.41, 5.74) is 12.7. The second-order valence-corrected chi connectivity index (χ2v) is 22.3. The summed E-state index contributed by atoms with van der Waals surface area (Å²) in [6.45, 7) is 6.57. The number of rotatable bonds is 8. The van der Waals surface area contributed by atoms with Crippen LogP contribution in [0.2, 0.25) is 0 Å². The van der Waals surface area contributed by atoms with Crippen LogP contribution < -0.4 is 32.4 Å². The van der Waals surface area contributed by atoms with Crippen molar-refractivity contribution in [1.29, 1.82) is 0 Å². The molecule has 0 unspecified atom stereocenters. The molecule has 0 aromatic heterocycles. The van der Waals surface area contributed by atoms with Crippen LogP contribution in [-0.2, 0) is 40.0 Å². The summed E-state index contributed by atoms with van der Waals surface area (Å²) in [5, 5.41) is 95.5. The summed E-state index contributed by atoms with van der Waals surface area (Å²) in [6, 6.07) is 2.39. The molecule has 0 saturated carbocycles. The molecule has 6 aromatic rings. The minimum absolute atomic E-state index is 0.225.